The molecule has 0 bridgehead atoms. The van der Waals surface area contributed by atoms with Crippen molar-refractivity contribution >= 4 is 11.6 Å². The van der Waals surface area contributed by atoms with E-state index in [4.69, 9.17) is 0 Å². The van der Waals surface area contributed by atoms with E-state index in [9.17, 15) is 4.79 Å². The van der Waals surface area contributed by atoms with Gasteiger partial charge in [-0.3, -0.25) is 9.69 Å². The zero-order valence-electron chi connectivity index (χ0n) is 10.8. The Morgan fingerprint density at radius 3 is 2.82 bits per heavy atom. The second-order valence-electron chi connectivity index (χ2n) is 4.95. The number of nitrogens with one attached hydrogen (secondary N) is 1. The lowest BCUT2D eigenvalue weighted by Crippen LogP contribution is -2.37. The molecule has 17 heavy (non-hydrogen) atoms. The summed E-state index contributed by atoms with van der Waals surface area (Å²) in [5, 5.41) is 3.04. The highest BCUT2D eigenvalue weighted by Gasteiger charge is 2.27. The van der Waals surface area contributed by atoms with Crippen molar-refractivity contribution in [1.82, 2.24) is 4.90 Å². The number of anilines is 1. The third kappa shape index (κ3) is 2.67. The van der Waals surface area contributed by atoms with Gasteiger partial charge in [0.25, 0.3) is 0 Å². The Balaban J connectivity index is 2.10. The maximum atomic E-state index is 12.1. The maximum absolute atomic E-state index is 12.1. The maximum Gasteiger partial charge on any atom is 0.241 e. The van der Waals surface area contributed by atoms with Crippen LogP contribution in [0.1, 0.15) is 24.0 Å². The number of amides is 1. The van der Waals surface area contributed by atoms with Gasteiger partial charge in [-0.1, -0.05) is 12.1 Å². The average Bonchev–Trinajstić information content (AvgIpc) is 2.70. The van der Waals surface area contributed by atoms with Crippen LogP contribution in [0.2, 0.25) is 0 Å². The van der Waals surface area contributed by atoms with E-state index in [-0.39, 0.29) is 11.9 Å². The number of likely N-dealkylation sites (N-methyl/N-ethyl adjacent to an activating group) is 1. The summed E-state index contributed by atoms with van der Waals surface area (Å²) in [6.45, 7) is 5.08. The number of likely N-dealkylation sites (tertiary alicyclic amines) is 1. The Bertz CT molecular complexity index is 428. The highest BCUT2D eigenvalue weighted by molar-refractivity contribution is 5.95. The Morgan fingerprint density at radius 2 is 2.18 bits per heavy atom. The first-order valence-electron chi connectivity index (χ1n) is 6.16. The van der Waals surface area contributed by atoms with Crippen LogP contribution in [0.3, 0.4) is 0 Å². The predicted molar refractivity (Wildman–Crippen MR) is 70.2 cm³/mol. The van der Waals surface area contributed by atoms with E-state index in [1.165, 1.54) is 5.56 Å². The smallest absolute Gasteiger partial charge is 0.241 e. The largest absolute Gasteiger partial charge is 0.324 e. The average molecular weight is 232 g/mol. The number of nitrogens with zero attached hydrogens (tertiary/aromatic N) is 1. The third-order valence-electron chi connectivity index (χ3n) is 3.47. The van der Waals surface area contributed by atoms with E-state index < -0.39 is 0 Å². The number of hydrogen-bond acceptors (Lipinski definition) is 2. The zero-order chi connectivity index (χ0) is 12.4. The fourth-order valence-corrected chi connectivity index (χ4v) is 2.33. The summed E-state index contributed by atoms with van der Waals surface area (Å²) < 4.78 is 0. The van der Waals surface area contributed by atoms with Gasteiger partial charge in [0.1, 0.15) is 0 Å². The van der Waals surface area contributed by atoms with Crippen molar-refractivity contribution in [2.24, 2.45) is 0 Å². The molecule has 3 nitrogen and oxygen atoms in total. The normalized spacial score (nSPS) is 20.5. The molecule has 1 atom stereocenters. The van der Waals surface area contributed by atoms with Gasteiger partial charge in [0.05, 0.1) is 6.04 Å². The summed E-state index contributed by atoms with van der Waals surface area (Å²) in [5.74, 6) is 0.124. The van der Waals surface area contributed by atoms with Gasteiger partial charge in [0, 0.05) is 5.69 Å². The molecule has 1 aromatic carbocycles. The molecule has 1 aliphatic rings. The molecule has 1 amide bonds. The van der Waals surface area contributed by atoms with Crippen LogP contribution >= 0.6 is 0 Å². The summed E-state index contributed by atoms with van der Waals surface area (Å²) in [6, 6.07) is 6.17. The van der Waals surface area contributed by atoms with Gasteiger partial charge in [-0.05, 0) is 57.5 Å². The number of carbonyl (C=O) groups excluding carboxylic acids is 1. The Hall–Kier alpha value is -1.35. The first-order valence-corrected chi connectivity index (χ1v) is 6.16. The Morgan fingerprint density at radius 1 is 1.41 bits per heavy atom. The minimum Gasteiger partial charge on any atom is -0.324 e. The van der Waals surface area contributed by atoms with Crippen LogP contribution in [0, 0.1) is 13.8 Å². The van der Waals surface area contributed by atoms with Crippen LogP contribution in [-0.4, -0.2) is 30.4 Å². The van der Waals surface area contributed by atoms with Crippen LogP contribution in [0.4, 0.5) is 5.69 Å². The third-order valence-corrected chi connectivity index (χ3v) is 3.47. The van der Waals surface area contributed by atoms with Crippen molar-refractivity contribution in [2.45, 2.75) is 32.7 Å². The Labute approximate surface area is 103 Å². The molecule has 1 N–H and O–H groups in total. The molecular formula is C14H20N2O. The molecule has 92 valence electrons. The van der Waals surface area contributed by atoms with E-state index in [1.807, 2.05) is 33.0 Å². The molecule has 1 fully saturated rings. The highest BCUT2D eigenvalue weighted by atomic mass is 16.2. The molecule has 3 heteroatoms. The molecule has 0 spiro atoms. The minimum atomic E-state index is 0.0370. The molecule has 1 heterocycles. The molecular weight excluding hydrogens is 212 g/mol. The topological polar surface area (TPSA) is 32.3 Å². The molecule has 1 aromatic rings. The van der Waals surface area contributed by atoms with Crippen molar-refractivity contribution in [3.63, 3.8) is 0 Å². The molecule has 2 rings (SSSR count). The summed E-state index contributed by atoms with van der Waals surface area (Å²) in [7, 11) is 2.01. The van der Waals surface area contributed by atoms with Crippen LogP contribution in [-0.2, 0) is 4.79 Å². The lowest BCUT2D eigenvalue weighted by Gasteiger charge is -2.19. The van der Waals surface area contributed by atoms with Crippen molar-refractivity contribution in [1.29, 1.82) is 0 Å². The van der Waals surface area contributed by atoms with Crippen LogP contribution < -0.4 is 5.32 Å². The predicted octanol–water partition coefficient (Wildman–Crippen LogP) is 2.34. The summed E-state index contributed by atoms with van der Waals surface area (Å²) in [4.78, 5) is 14.3. The van der Waals surface area contributed by atoms with E-state index in [2.05, 4.69) is 16.3 Å². The number of aryl methyl sites for hydroxylation is 2. The molecule has 0 radical (unpaired) electrons. The standard InChI is InChI=1S/C14H20N2O/c1-10-6-7-11(2)12(9-10)15-14(17)13-5-4-8-16(13)3/h6-7,9,13H,4-5,8H2,1-3H3,(H,15,17). The van der Waals surface area contributed by atoms with E-state index in [0.717, 1.165) is 30.6 Å². The molecule has 1 saturated heterocycles. The van der Waals surface area contributed by atoms with Gasteiger partial charge in [-0.15, -0.1) is 0 Å². The van der Waals surface area contributed by atoms with Gasteiger partial charge in [0.15, 0.2) is 0 Å². The SMILES string of the molecule is Cc1ccc(C)c(NC(=O)C2CCCN2C)c1. The quantitative estimate of drug-likeness (QED) is 0.848. The summed E-state index contributed by atoms with van der Waals surface area (Å²) in [5.41, 5.74) is 3.23. The molecule has 0 aromatic heterocycles. The molecule has 1 unspecified atom stereocenters. The van der Waals surface area contributed by atoms with Crippen molar-refractivity contribution in [2.75, 3.05) is 18.9 Å². The number of benzene rings is 1. The zero-order valence-corrected chi connectivity index (χ0v) is 10.8. The first kappa shape index (κ1) is 12.1. The van der Waals surface area contributed by atoms with Gasteiger partial charge in [0.2, 0.25) is 5.91 Å². The summed E-state index contributed by atoms with van der Waals surface area (Å²) >= 11 is 0. The van der Waals surface area contributed by atoms with Crippen molar-refractivity contribution in [3.05, 3.63) is 29.3 Å². The van der Waals surface area contributed by atoms with Crippen LogP contribution in [0.15, 0.2) is 18.2 Å². The van der Waals surface area contributed by atoms with Gasteiger partial charge in [-0.25, -0.2) is 0 Å². The summed E-state index contributed by atoms with van der Waals surface area (Å²) in [6.07, 6.45) is 2.08. The highest BCUT2D eigenvalue weighted by Crippen LogP contribution is 2.20. The number of carbonyl (C=O) groups is 1. The van der Waals surface area contributed by atoms with E-state index in [0.29, 0.717) is 0 Å². The Kier molecular flexibility index (Phi) is 3.48. The van der Waals surface area contributed by atoms with Crippen molar-refractivity contribution in [3.8, 4) is 0 Å². The lowest BCUT2D eigenvalue weighted by atomic mass is 10.1. The van der Waals surface area contributed by atoms with Crippen LogP contribution in [0.5, 0.6) is 0 Å². The van der Waals surface area contributed by atoms with E-state index >= 15 is 0 Å². The molecule has 0 saturated carbocycles. The number of hydrogen-bond donors (Lipinski definition) is 1. The van der Waals surface area contributed by atoms with Crippen molar-refractivity contribution < 1.29 is 4.79 Å². The second-order valence-corrected chi connectivity index (χ2v) is 4.95. The molecule has 1 aliphatic heterocycles. The van der Waals surface area contributed by atoms with Crippen LogP contribution in [0.25, 0.3) is 0 Å². The lowest BCUT2D eigenvalue weighted by molar-refractivity contribution is -0.119. The van der Waals surface area contributed by atoms with E-state index in [1.54, 1.807) is 0 Å². The van der Waals surface area contributed by atoms with Gasteiger partial charge < -0.3 is 5.32 Å². The van der Waals surface area contributed by atoms with Gasteiger partial charge >= 0.3 is 0 Å². The van der Waals surface area contributed by atoms with Gasteiger partial charge in [-0.2, -0.15) is 0 Å². The molecule has 0 aliphatic carbocycles. The monoisotopic (exact) mass is 232 g/mol. The number of rotatable bonds is 2. The minimum absolute atomic E-state index is 0.0370. The fraction of sp³-hybridized carbons (Fsp3) is 0.500. The second kappa shape index (κ2) is 4.88. The first-order chi connectivity index (χ1) is 8.08. The fourth-order valence-electron chi connectivity index (χ4n) is 2.33.